The predicted molar refractivity (Wildman–Crippen MR) is 118 cm³/mol. The van der Waals surface area contributed by atoms with Gasteiger partial charge in [0.05, 0.1) is 28.4 Å². The number of aryl methyl sites for hydroxylation is 3. The van der Waals surface area contributed by atoms with Crippen LogP contribution in [-0.4, -0.2) is 20.7 Å². The number of nitrogens with one attached hydrogen (secondary N) is 1. The van der Waals surface area contributed by atoms with Gasteiger partial charge in [-0.1, -0.05) is 30.7 Å². The molecule has 0 spiro atoms. The third-order valence-corrected chi connectivity index (χ3v) is 6.05. The maximum atomic E-state index is 13.2. The van der Waals surface area contributed by atoms with Crippen LogP contribution in [0.25, 0.3) is 16.7 Å². The van der Waals surface area contributed by atoms with Crippen molar-refractivity contribution in [1.29, 1.82) is 0 Å². The Morgan fingerprint density at radius 2 is 1.93 bits per heavy atom. The van der Waals surface area contributed by atoms with Crippen molar-refractivity contribution >= 4 is 28.3 Å². The Morgan fingerprint density at radius 1 is 1.17 bits per heavy atom. The Hall–Kier alpha value is -2.99. The summed E-state index contributed by atoms with van der Waals surface area (Å²) in [6, 6.07) is 14.1. The average Bonchev–Trinajstić information content (AvgIpc) is 3.34. The molecule has 0 radical (unpaired) electrons. The second-order valence-corrected chi connectivity index (χ2v) is 8.27. The lowest BCUT2D eigenvalue weighted by Gasteiger charge is -2.16. The SMILES string of the molecule is CCC(NC(=O)c1cc(C)nc2c1c(C)nn2-c1ccc(C)cc1)c1cccs1. The quantitative estimate of drug-likeness (QED) is 0.492. The number of carbonyl (C=O) groups excluding carboxylic acids is 1. The van der Waals surface area contributed by atoms with Crippen LogP contribution in [0, 0.1) is 20.8 Å². The van der Waals surface area contributed by atoms with E-state index in [2.05, 4.69) is 37.4 Å². The van der Waals surface area contributed by atoms with Crippen LogP contribution in [0.15, 0.2) is 47.8 Å². The minimum absolute atomic E-state index is 0.00142. The van der Waals surface area contributed by atoms with Gasteiger partial charge in [0.1, 0.15) is 0 Å². The first-order valence-electron chi connectivity index (χ1n) is 9.76. The van der Waals surface area contributed by atoms with Crippen molar-refractivity contribution in [2.75, 3.05) is 0 Å². The summed E-state index contributed by atoms with van der Waals surface area (Å²) in [7, 11) is 0. The zero-order chi connectivity index (χ0) is 20.5. The number of hydrogen-bond donors (Lipinski definition) is 1. The summed E-state index contributed by atoms with van der Waals surface area (Å²) in [4.78, 5) is 19.1. The average molecular weight is 405 g/mol. The highest BCUT2D eigenvalue weighted by molar-refractivity contribution is 7.10. The first-order chi connectivity index (χ1) is 14.0. The lowest BCUT2D eigenvalue weighted by atomic mass is 10.1. The van der Waals surface area contributed by atoms with Crippen LogP contribution in [0.1, 0.15) is 51.6 Å². The van der Waals surface area contributed by atoms with Crippen LogP contribution in [0.5, 0.6) is 0 Å². The van der Waals surface area contributed by atoms with Gasteiger partial charge in [0, 0.05) is 10.6 Å². The summed E-state index contributed by atoms with van der Waals surface area (Å²) in [6.45, 7) is 7.98. The molecule has 0 aliphatic carbocycles. The van der Waals surface area contributed by atoms with Crippen molar-refractivity contribution < 1.29 is 4.79 Å². The largest absolute Gasteiger partial charge is 0.344 e. The summed E-state index contributed by atoms with van der Waals surface area (Å²) in [5.74, 6) is -0.0905. The van der Waals surface area contributed by atoms with Gasteiger partial charge in [0.2, 0.25) is 0 Å². The Kier molecular flexibility index (Phi) is 5.20. The second kappa shape index (κ2) is 7.79. The summed E-state index contributed by atoms with van der Waals surface area (Å²) in [5, 5.41) is 10.7. The zero-order valence-corrected chi connectivity index (χ0v) is 17.9. The van der Waals surface area contributed by atoms with Crippen LogP contribution in [0.4, 0.5) is 0 Å². The fourth-order valence-electron chi connectivity index (χ4n) is 3.56. The van der Waals surface area contributed by atoms with Crippen LogP contribution < -0.4 is 5.32 Å². The number of fused-ring (bicyclic) bond motifs is 1. The van der Waals surface area contributed by atoms with E-state index in [1.54, 1.807) is 11.3 Å². The van der Waals surface area contributed by atoms with Gasteiger partial charge in [0.15, 0.2) is 5.65 Å². The highest BCUT2D eigenvalue weighted by atomic mass is 32.1. The number of pyridine rings is 1. The smallest absolute Gasteiger partial charge is 0.252 e. The third kappa shape index (κ3) is 3.68. The van der Waals surface area contributed by atoms with Gasteiger partial charge >= 0.3 is 0 Å². The molecule has 0 saturated heterocycles. The first-order valence-corrected chi connectivity index (χ1v) is 10.6. The van der Waals surface area contributed by atoms with Crippen LogP contribution >= 0.6 is 11.3 Å². The first kappa shape index (κ1) is 19.3. The van der Waals surface area contributed by atoms with E-state index in [-0.39, 0.29) is 11.9 Å². The maximum Gasteiger partial charge on any atom is 0.252 e. The van der Waals surface area contributed by atoms with Crippen molar-refractivity contribution in [2.24, 2.45) is 0 Å². The molecule has 0 aliphatic heterocycles. The van der Waals surface area contributed by atoms with Crippen molar-refractivity contribution in [3.63, 3.8) is 0 Å². The highest BCUT2D eigenvalue weighted by Gasteiger charge is 2.22. The van der Waals surface area contributed by atoms with E-state index in [4.69, 9.17) is 10.1 Å². The van der Waals surface area contributed by atoms with E-state index in [0.29, 0.717) is 11.2 Å². The van der Waals surface area contributed by atoms with Gasteiger partial charge in [-0.3, -0.25) is 4.79 Å². The molecule has 1 N–H and O–H groups in total. The number of thiophene rings is 1. The molecule has 29 heavy (non-hydrogen) atoms. The molecule has 6 heteroatoms. The van der Waals surface area contributed by atoms with E-state index in [9.17, 15) is 4.79 Å². The molecule has 3 aromatic heterocycles. The maximum absolute atomic E-state index is 13.2. The molecule has 1 amide bonds. The van der Waals surface area contributed by atoms with E-state index >= 15 is 0 Å². The zero-order valence-electron chi connectivity index (χ0n) is 17.1. The molecule has 1 aromatic carbocycles. The molecule has 3 heterocycles. The van der Waals surface area contributed by atoms with Crippen LogP contribution in [0.3, 0.4) is 0 Å². The number of hydrogen-bond acceptors (Lipinski definition) is 4. The van der Waals surface area contributed by atoms with Crippen molar-refractivity contribution in [3.8, 4) is 5.69 Å². The Morgan fingerprint density at radius 3 is 2.59 bits per heavy atom. The molecule has 5 nitrogen and oxygen atoms in total. The summed E-state index contributed by atoms with van der Waals surface area (Å²) in [5.41, 5.74) is 5.04. The fourth-order valence-corrected chi connectivity index (χ4v) is 4.42. The minimum Gasteiger partial charge on any atom is -0.344 e. The van der Waals surface area contributed by atoms with Crippen molar-refractivity contribution in [1.82, 2.24) is 20.1 Å². The van der Waals surface area contributed by atoms with E-state index < -0.39 is 0 Å². The van der Waals surface area contributed by atoms with Crippen molar-refractivity contribution in [3.05, 3.63) is 75.2 Å². The highest BCUT2D eigenvalue weighted by Crippen LogP contribution is 2.27. The molecule has 4 aromatic rings. The van der Waals surface area contributed by atoms with Crippen molar-refractivity contribution in [2.45, 2.75) is 40.2 Å². The molecular formula is C23H24N4OS. The molecule has 4 rings (SSSR count). The molecule has 1 unspecified atom stereocenters. The molecule has 148 valence electrons. The predicted octanol–water partition coefficient (Wildman–Crippen LogP) is 5.29. The van der Waals surface area contributed by atoms with Gasteiger partial charge in [0.25, 0.3) is 5.91 Å². The lowest BCUT2D eigenvalue weighted by molar-refractivity contribution is 0.0937. The summed E-state index contributed by atoms with van der Waals surface area (Å²) >= 11 is 1.66. The number of amides is 1. The van der Waals surface area contributed by atoms with Gasteiger partial charge in [-0.25, -0.2) is 9.67 Å². The number of rotatable bonds is 5. The third-order valence-electron chi connectivity index (χ3n) is 5.06. The number of aromatic nitrogens is 3. The van der Waals surface area contributed by atoms with Gasteiger partial charge < -0.3 is 5.32 Å². The summed E-state index contributed by atoms with van der Waals surface area (Å²) in [6.07, 6.45) is 0.834. The number of benzene rings is 1. The van der Waals surface area contributed by atoms with Crippen LogP contribution in [-0.2, 0) is 0 Å². The second-order valence-electron chi connectivity index (χ2n) is 7.29. The van der Waals surface area contributed by atoms with E-state index in [1.165, 1.54) is 5.56 Å². The monoisotopic (exact) mass is 404 g/mol. The Balaban J connectivity index is 1.79. The Labute approximate surface area is 174 Å². The normalized spacial score (nSPS) is 12.3. The molecule has 0 bridgehead atoms. The topological polar surface area (TPSA) is 59.8 Å². The number of nitrogens with zero attached hydrogens (tertiary/aromatic N) is 3. The summed E-state index contributed by atoms with van der Waals surface area (Å²) < 4.78 is 1.82. The molecule has 1 atom stereocenters. The van der Waals surface area contributed by atoms with Crippen LogP contribution in [0.2, 0.25) is 0 Å². The van der Waals surface area contributed by atoms with E-state index in [0.717, 1.165) is 33.8 Å². The Bertz CT molecular complexity index is 1160. The molecule has 0 saturated carbocycles. The lowest BCUT2D eigenvalue weighted by Crippen LogP contribution is -2.28. The number of carbonyl (C=O) groups is 1. The molecule has 0 fully saturated rings. The van der Waals surface area contributed by atoms with Gasteiger partial charge in [-0.2, -0.15) is 5.10 Å². The molecule has 0 aliphatic rings. The molecular weight excluding hydrogens is 380 g/mol. The standard InChI is InChI=1S/C23H24N4OS/c1-5-19(20-7-6-12-29-20)25-23(28)18-13-15(3)24-22-21(18)16(4)26-27(22)17-10-8-14(2)9-11-17/h6-13,19H,5H2,1-4H3,(H,25,28). The van der Waals surface area contributed by atoms with Gasteiger partial charge in [-0.15, -0.1) is 11.3 Å². The van der Waals surface area contributed by atoms with Gasteiger partial charge in [-0.05, 0) is 56.8 Å². The minimum atomic E-state index is -0.0905. The fraction of sp³-hybridized carbons (Fsp3) is 0.261. The van der Waals surface area contributed by atoms with E-state index in [1.807, 2.05) is 48.2 Å².